The third-order valence-corrected chi connectivity index (χ3v) is 3.36. The molecule has 1 atom stereocenters. The zero-order chi connectivity index (χ0) is 13.9. The Balaban J connectivity index is 1.92. The molecular weight excluding hydrogens is 258 g/mol. The Morgan fingerprint density at radius 2 is 2.25 bits per heavy atom. The molecule has 1 aromatic carbocycles. The lowest BCUT2D eigenvalue weighted by Crippen LogP contribution is -2.47. The molecule has 0 spiro atoms. The lowest BCUT2D eigenvalue weighted by molar-refractivity contribution is -0.0446. The molecule has 0 bridgehead atoms. The van der Waals surface area contributed by atoms with Crippen LogP contribution in [0, 0.1) is 0 Å². The van der Waals surface area contributed by atoms with Gasteiger partial charge in [-0.05, 0) is 12.1 Å². The van der Waals surface area contributed by atoms with Gasteiger partial charge in [0.1, 0.15) is 5.52 Å². The predicted octanol–water partition coefficient (Wildman–Crippen LogP) is 0.463. The number of aliphatic hydroxyl groups is 1. The van der Waals surface area contributed by atoms with Gasteiger partial charge < -0.3 is 14.7 Å². The molecule has 1 aliphatic heterocycles. The second-order valence-electron chi connectivity index (χ2n) is 4.66. The van der Waals surface area contributed by atoms with Gasteiger partial charge in [0.25, 0.3) is 5.91 Å². The number of hydrogen-bond acceptors (Lipinski definition) is 5. The molecule has 0 aliphatic carbocycles. The molecule has 6 nitrogen and oxygen atoms in total. The number of ether oxygens (including phenoxy) is 1. The molecule has 3 rings (SSSR count). The van der Waals surface area contributed by atoms with Gasteiger partial charge in [-0.25, -0.2) is 0 Å². The average Bonchev–Trinajstić information content (AvgIpc) is 2.53. The SMILES string of the molecule is O=C(c1cccc2nccnc12)N1CCOC(CO)C1. The van der Waals surface area contributed by atoms with Gasteiger partial charge in [-0.2, -0.15) is 0 Å². The first-order chi connectivity index (χ1) is 9.79. The van der Waals surface area contributed by atoms with Crippen LogP contribution in [0.2, 0.25) is 0 Å². The molecule has 1 fully saturated rings. The van der Waals surface area contributed by atoms with Crippen LogP contribution < -0.4 is 0 Å². The number of benzene rings is 1. The van der Waals surface area contributed by atoms with E-state index in [0.717, 1.165) is 0 Å². The molecule has 1 aliphatic rings. The van der Waals surface area contributed by atoms with Crippen molar-refractivity contribution in [2.75, 3.05) is 26.3 Å². The van der Waals surface area contributed by atoms with E-state index in [1.54, 1.807) is 29.4 Å². The number of para-hydroxylation sites is 1. The molecule has 2 aromatic rings. The van der Waals surface area contributed by atoms with Gasteiger partial charge in [-0.3, -0.25) is 14.8 Å². The number of carbonyl (C=O) groups excluding carboxylic acids is 1. The molecule has 2 heterocycles. The van der Waals surface area contributed by atoms with Gasteiger partial charge in [-0.1, -0.05) is 6.07 Å². The third-order valence-electron chi connectivity index (χ3n) is 3.36. The first-order valence-electron chi connectivity index (χ1n) is 6.51. The van der Waals surface area contributed by atoms with Crippen molar-refractivity contribution in [1.82, 2.24) is 14.9 Å². The minimum absolute atomic E-state index is 0.0842. The molecule has 20 heavy (non-hydrogen) atoms. The van der Waals surface area contributed by atoms with Crippen molar-refractivity contribution in [1.29, 1.82) is 0 Å². The van der Waals surface area contributed by atoms with Crippen LogP contribution in [0.5, 0.6) is 0 Å². The average molecular weight is 273 g/mol. The summed E-state index contributed by atoms with van der Waals surface area (Å²) in [5, 5.41) is 9.15. The van der Waals surface area contributed by atoms with Gasteiger partial charge in [-0.15, -0.1) is 0 Å². The van der Waals surface area contributed by atoms with Crippen LogP contribution in [0.15, 0.2) is 30.6 Å². The molecule has 1 unspecified atom stereocenters. The molecule has 1 N–H and O–H groups in total. The maximum atomic E-state index is 12.6. The number of morpholine rings is 1. The summed E-state index contributed by atoms with van der Waals surface area (Å²) in [5.41, 5.74) is 1.84. The van der Waals surface area contributed by atoms with E-state index in [9.17, 15) is 4.79 Å². The maximum Gasteiger partial charge on any atom is 0.256 e. The Labute approximate surface area is 116 Å². The van der Waals surface area contributed by atoms with Crippen molar-refractivity contribution in [2.45, 2.75) is 6.10 Å². The standard InChI is InChI=1S/C14H15N3O3/c18-9-10-8-17(6-7-20-10)14(19)11-2-1-3-12-13(11)16-5-4-15-12/h1-5,10,18H,6-9H2. The fourth-order valence-corrected chi connectivity index (χ4v) is 2.35. The van der Waals surface area contributed by atoms with Crippen molar-refractivity contribution >= 4 is 16.9 Å². The Hall–Kier alpha value is -2.05. The molecule has 1 saturated heterocycles. The summed E-state index contributed by atoms with van der Waals surface area (Å²) < 4.78 is 5.36. The van der Waals surface area contributed by atoms with Crippen LogP contribution in [0.4, 0.5) is 0 Å². The molecule has 6 heteroatoms. The van der Waals surface area contributed by atoms with Gasteiger partial charge >= 0.3 is 0 Å². The number of hydrogen-bond donors (Lipinski definition) is 1. The van der Waals surface area contributed by atoms with Crippen LogP contribution in [0.3, 0.4) is 0 Å². The maximum absolute atomic E-state index is 12.6. The summed E-state index contributed by atoms with van der Waals surface area (Å²) in [6.07, 6.45) is 2.87. The fraction of sp³-hybridized carbons (Fsp3) is 0.357. The Bertz CT molecular complexity index is 627. The van der Waals surface area contributed by atoms with Crippen LogP contribution >= 0.6 is 0 Å². The second-order valence-corrected chi connectivity index (χ2v) is 4.66. The van der Waals surface area contributed by atoms with Gasteiger partial charge in [0.15, 0.2) is 0 Å². The minimum atomic E-state index is -0.311. The van der Waals surface area contributed by atoms with Gasteiger partial charge in [0.05, 0.1) is 30.4 Å². The third kappa shape index (κ3) is 2.35. The van der Waals surface area contributed by atoms with Crippen LogP contribution in [0.25, 0.3) is 11.0 Å². The van der Waals surface area contributed by atoms with E-state index in [0.29, 0.717) is 36.3 Å². The highest BCUT2D eigenvalue weighted by molar-refractivity contribution is 6.04. The Kier molecular flexibility index (Phi) is 3.58. The van der Waals surface area contributed by atoms with E-state index in [4.69, 9.17) is 9.84 Å². The Morgan fingerprint density at radius 1 is 1.40 bits per heavy atom. The van der Waals surface area contributed by atoms with E-state index in [1.165, 1.54) is 0 Å². The molecule has 1 aromatic heterocycles. The van der Waals surface area contributed by atoms with Gasteiger partial charge in [0, 0.05) is 25.5 Å². The van der Waals surface area contributed by atoms with Crippen molar-refractivity contribution < 1.29 is 14.6 Å². The van der Waals surface area contributed by atoms with Crippen molar-refractivity contribution in [3.63, 3.8) is 0 Å². The predicted molar refractivity (Wildman–Crippen MR) is 72.3 cm³/mol. The molecular formula is C14H15N3O3. The smallest absolute Gasteiger partial charge is 0.256 e. The summed E-state index contributed by atoms with van der Waals surface area (Å²) in [6, 6.07) is 5.38. The van der Waals surface area contributed by atoms with E-state index < -0.39 is 0 Å². The number of fused-ring (bicyclic) bond motifs is 1. The number of aliphatic hydroxyl groups excluding tert-OH is 1. The van der Waals surface area contributed by atoms with E-state index in [-0.39, 0.29) is 18.6 Å². The minimum Gasteiger partial charge on any atom is -0.394 e. The number of aromatic nitrogens is 2. The van der Waals surface area contributed by atoms with E-state index >= 15 is 0 Å². The van der Waals surface area contributed by atoms with E-state index in [2.05, 4.69) is 9.97 Å². The number of rotatable bonds is 2. The lowest BCUT2D eigenvalue weighted by atomic mass is 10.1. The molecule has 104 valence electrons. The van der Waals surface area contributed by atoms with Crippen molar-refractivity contribution in [2.24, 2.45) is 0 Å². The summed E-state index contributed by atoms with van der Waals surface area (Å²) >= 11 is 0. The number of nitrogens with zero attached hydrogens (tertiary/aromatic N) is 3. The normalized spacial score (nSPS) is 19.2. The first-order valence-corrected chi connectivity index (χ1v) is 6.51. The monoisotopic (exact) mass is 273 g/mol. The topological polar surface area (TPSA) is 75.6 Å². The number of carbonyl (C=O) groups is 1. The van der Waals surface area contributed by atoms with Crippen molar-refractivity contribution in [3.8, 4) is 0 Å². The second kappa shape index (κ2) is 5.52. The van der Waals surface area contributed by atoms with Crippen LogP contribution in [0.1, 0.15) is 10.4 Å². The van der Waals surface area contributed by atoms with Crippen molar-refractivity contribution in [3.05, 3.63) is 36.2 Å². The Morgan fingerprint density at radius 3 is 3.10 bits per heavy atom. The summed E-state index contributed by atoms with van der Waals surface area (Å²) in [6.45, 7) is 1.27. The largest absolute Gasteiger partial charge is 0.394 e. The van der Waals surface area contributed by atoms with E-state index in [1.807, 2.05) is 6.07 Å². The van der Waals surface area contributed by atoms with Crippen LogP contribution in [-0.2, 0) is 4.74 Å². The first kappa shape index (κ1) is 13.0. The quantitative estimate of drug-likeness (QED) is 0.860. The summed E-state index contributed by atoms with van der Waals surface area (Å²) in [5.74, 6) is -0.0992. The molecule has 1 amide bonds. The summed E-state index contributed by atoms with van der Waals surface area (Å²) in [7, 11) is 0. The fourth-order valence-electron chi connectivity index (χ4n) is 2.35. The van der Waals surface area contributed by atoms with Gasteiger partial charge in [0.2, 0.25) is 0 Å². The zero-order valence-corrected chi connectivity index (χ0v) is 10.9. The highest BCUT2D eigenvalue weighted by atomic mass is 16.5. The molecule has 0 radical (unpaired) electrons. The van der Waals surface area contributed by atoms with Crippen LogP contribution in [-0.4, -0.2) is 58.3 Å². The highest BCUT2D eigenvalue weighted by Crippen LogP contribution is 2.17. The highest BCUT2D eigenvalue weighted by Gasteiger charge is 2.25. The molecule has 0 saturated carbocycles. The zero-order valence-electron chi connectivity index (χ0n) is 10.9. The lowest BCUT2D eigenvalue weighted by Gasteiger charge is -2.32. The summed E-state index contributed by atoms with van der Waals surface area (Å²) in [4.78, 5) is 22.7. The number of amides is 1.